The third-order valence-electron chi connectivity index (χ3n) is 5.88. The van der Waals surface area contributed by atoms with Crippen molar-refractivity contribution in [3.05, 3.63) is 22.7 Å². The first-order valence-corrected chi connectivity index (χ1v) is 10.4. The summed E-state index contributed by atoms with van der Waals surface area (Å²) in [5.41, 5.74) is 6.73. The standard InChI is InChI=1S/C22H30ClN3O2/c1-5-6-14(4)28-20-10-19(24)18(23)9-17(20)22(27)25-21-15-7-8-16(21)12-26(11-15)13(2)3/h9-10,13-16,21H,7-8,11-12,24H2,1-4H3,(H,25,27)/t14-,15?,16?,21?/m0/s1. The molecule has 5 nitrogen and oxygen atoms in total. The maximum Gasteiger partial charge on any atom is 0.255 e. The van der Waals surface area contributed by atoms with Crippen LogP contribution in [0.3, 0.4) is 0 Å². The van der Waals surface area contributed by atoms with Crippen molar-refractivity contribution in [3.8, 4) is 17.6 Å². The van der Waals surface area contributed by atoms with Gasteiger partial charge in [0.25, 0.3) is 5.91 Å². The van der Waals surface area contributed by atoms with Crippen molar-refractivity contribution in [2.75, 3.05) is 18.8 Å². The molecule has 28 heavy (non-hydrogen) atoms. The van der Waals surface area contributed by atoms with Gasteiger partial charge in [-0.3, -0.25) is 4.79 Å². The second-order valence-electron chi connectivity index (χ2n) is 8.17. The lowest BCUT2D eigenvalue weighted by Gasteiger charge is -2.40. The summed E-state index contributed by atoms with van der Waals surface area (Å²) in [4.78, 5) is 15.6. The highest BCUT2D eigenvalue weighted by atomic mass is 35.5. The summed E-state index contributed by atoms with van der Waals surface area (Å²) in [6, 6.07) is 3.94. The van der Waals surface area contributed by atoms with Gasteiger partial charge in [0.15, 0.2) is 6.10 Å². The number of nitrogen functional groups attached to an aromatic ring is 1. The number of nitrogens with two attached hydrogens (primary N) is 1. The first-order valence-electron chi connectivity index (χ1n) is 10.0. The summed E-state index contributed by atoms with van der Waals surface area (Å²) in [5.74, 6) is 6.99. The summed E-state index contributed by atoms with van der Waals surface area (Å²) >= 11 is 6.20. The van der Waals surface area contributed by atoms with Crippen LogP contribution in [0.4, 0.5) is 5.69 Å². The minimum absolute atomic E-state index is 0.159. The normalized spacial score (nSPS) is 25.1. The van der Waals surface area contributed by atoms with E-state index < -0.39 is 0 Å². The number of hydrogen-bond acceptors (Lipinski definition) is 4. The number of likely N-dealkylation sites (tertiary alicyclic amines) is 1. The van der Waals surface area contributed by atoms with Crippen LogP contribution in [-0.4, -0.2) is 42.1 Å². The summed E-state index contributed by atoms with van der Waals surface area (Å²) in [6.45, 7) is 10.1. The van der Waals surface area contributed by atoms with Gasteiger partial charge in [-0.2, -0.15) is 0 Å². The molecule has 2 fully saturated rings. The van der Waals surface area contributed by atoms with Crippen molar-refractivity contribution >= 4 is 23.2 Å². The molecule has 6 heteroatoms. The first kappa shape index (κ1) is 20.8. The summed E-state index contributed by atoms with van der Waals surface area (Å²) < 4.78 is 5.87. The summed E-state index contributed by atoms with van der Waals surface area (Å²) in [5, 5.41) is 3.62. The highest BCUT2D eigenvalue weighted by molar-refractivity contribution is 6.33. The molecule has 1 saturated heterocycles. The molecule has 1 saturated carbocycles. The Bertz CT molecular complexity index is 785. The van der Waals surface area contributed by atoms with Crippen LogP contribution in [0.5, 0.6) is 5.75 Å². The number of benzene rings is 1. The minimum Gasteiger partial charge on any atom is -0.477 e. The lowest BCUT2D eigenvalue weighted by Crippen LogP contribution is -2.54. The Kier molecular flexibility index (Phi) is 6.42. The fraction of sp³-hybridized carbons (Fsp3) is 0.591. The second kappa shape index (κ2) is 8.63. The number of hydrogen-bond donors (Lipinski definition) is 2. The van der Waals surface area contributed by atoms with Gasteiger partial charge in [0.2, 0.25) is 0 Å². The van der Waals surface area contributed by atoms with Gasteiger partial charge in [-0.1, -0.05) is 17.5 Å². The van der Waals surface area contributed by atoms with Crippen LogP contribution in [0, 0.1) is 23.7 Å². The van der Waals surface area contributed by atoms with E-state index in [1.165, 1.54) is 0 Å². The van der Waals surface area contributed by atoms with Gasteiger partial charge >= 0.3 is 0 Å². The lowest BCUT2D eigenvalue weighted by atomic mass is 9.91. The predicted molar refractivity (Wildman–Crippen MR) is 114 cm³/mol. The number of nitrogens with zero attached hydrogens (tertiary/aromatic N) is 1. The third-order valence-corrected chi connectivity index (χ3v) is 6.21. The van der Waals surface area contributed by atoms with Crippen molar-refractivity contribution < 1.29 is 9.53 Å². The molecule has 152 valence electrons. The third kappa shape index (κ3) is 4.39. The number of piperidine rings is 1. The van der Waals surface area contributed by atoms with Crippen LogP contribution in [0.15, 0.2) is 12.1 Å². The molecule has 3 atom stereocenters. The molecular weight excluding hydrogens is 374 g/mol. The van der Waals surface area contributed by atoms with E-state index in [0.29, 0.717) is 39.9 Å². The molecule has 0 spiro atoms. The molecule has 2 aliphatic rings. The molecule has 1 aliphatic carbocycles. The molecule has 3 N–H and O–H groups in total. The Morgan fingerprint density at radius 1 is 1.29 bits per heavy atom. The minimum atomic E-state index is -0.345. The Morgan fingerprint density at radius 2 is 1.93 bits per heavy atom. The number of rotatable bonds is 5. The second-order valence-corrected chi connectivity index (χ2v) is 8.58. The zero-order chi connectivity index (χ0) is 20.4. The van der Waals surface area contributed by atoms with Crippen LogP contribution < -0.4 is 15.8 Å². The van der Waals surface area contributed by atoms with Gasteiger partial charge in [-0.15, -0.1) is 5.92 Å². The zero-order valence-corrected chi connectivity index (χ0v) is 17.8. The molecule has 0 radical (unpaired) electrons. The van der Waals surface area contributed by atoms with Crippen molar-refractivity contribution in [2.24, 2.45) is 11.8 Å². The number of ether oxygens (including phenoxy) is 1. The number of anilines is 1. The monoisotopic (exact) mass is 403 g/mol. The van der Waals surface area contributed by atoms with Crippen molar-refractivity contribution in [3.63, 3.8) is 0 Å². The first-order chi connectivity index (χ1) is 13.3. The number of carbonyl (C=O) groups excluding carboxylic acids is 1. The van der Waals surface area contributed by atoms with E-state index in [4.69, 9.17) is 22.1 Å². The van der Waals surface area contributed by atoms with Crippen LogP contribution >= 0.6 is 11.6 Å². The molecule has 0 aromatic heterocycles. The van der Waals surface area contributed by atoms with Gasteiger partial charge in [-0.25, -0.2) is 0 Å². The topological polar surface area (TPSA) is 67.6 Å². The molecular formula is C22H30ClN3O2. The van der Waals surface area contributed by atoms with Crippen LogP contribution in [-0.2, 0) is 0 Å². The molecule has 1 aromatic carbocycles. The molecule has 2 unspecified atom stereocenters. The zero-order valence-electron chi connectivity index (χ0n) is 17.1. The van der Waals surface area contributed by atoms with Gasteiger partial charge < -0.3 is 20.7 Å². The summed E-state index contributed by atoms with van der Waals surface area (Å²) in [7, 11) is 0. The maximum absolute atomic E-state index is 13.1. The van der Waals surface area contributed by atoms with E-state index in [1.807, 2.05) is 6.92 Å². The fourth-order valence-corrected chi connectivity index (χ4v) is 4.58. The smallest absolute Gasteiger partial charge is 0.255 e. The van der Waals surface area contributed by atoms with Crippen LogP contribution in [0.1, 0.15) is 50.9 Å². The average molecular weight is 404 g/mol. The Hall–Kier alpha value is -1.90. The molecule has 3 rings (SSSR count). The SMILES string of the molecule is CC#C[C@H](C)Oc1cc(N)c(Cl)cc1C(=O)NC1C2CCC1CN(C(C)C)C2. The van der Waals surface area contributed by atoms with Crippen LogP contribution in [0.2, 0.25) is 5.02 Å². The largest absolute Gasteiger partial charge is 0.477 e. The summed E-state index contributed by atoms with van der Waals surface area (Å²) in [6.07, 6.45) is 1.98. The molecule has 2 bridgehead atoms. The van der Waals surface area contributed by atoms with Crippen molar-refractivity contribution in [2.45, 2.75) is 58.7 Å². The van der Waals surface area contributed by atoms with Crippen molar-refractivity contribution in [1.29, 1.82) is 0 Å². The Morgan fingerprint density at radius 3 is 2.50 bits per heavy atom. The van der Waals surface area contributed by atoms with Gasteiger partial charge in [0, 0.05) is 31.2 Å². The van der Waals surface area contributed by atoms with Gasteiger partial charge in [0.1, 0.15) is 5.75 Å². The van der Waals surface area contributed by atoms with E-state index in [-0.39, 0.29) is 18.1 Å². The van der Waals surface area contributed by atoms with Gasteiger partial charge in [0.05, 0.1) is 16.3 Å². The van der Waals surface area contributed by atoms with E-state index >= 15 is 0 Å². The quantitative estimate of drug-likeness (QED) is 0.582. The predicted octanol–water partition coefficient (Wildman–Crippen LogP) is 3.56. The molecule has 1 heterocycles. The Labute approximate surface area is 172 Å². The van der Waals surface area contributed by atoms with E-state index in [2.05, 4.69) is 35.9 Å². The molecule has 1 aromatic rings. The molecule has 1 aliphatic heterocycles. The highest BCUT2D eigenvalue weighted by Crippen LogP contribution is 2.38. The number of carbonyl (C=O) groups is 1. The van der Waals surface area contributed by atoms with E-state index in [1.54, 1.807) is 19.1 Å². The average Bonchev–Trinajstić information content (AvgIpc) is 2.86. The number of halogens is 1. The fourth-order valence-electron chi connectivity index (χ4n) is 4.41. The van der Waals surface area contributed by atoms with Crippen LogP contribution in [0.25, 0.3) is 0 Å². The van der Waals surface area contributed by atoms with Gasteiger partial charge in [-0.05, 0) is 58.4 Å². The highest BCUT2D eigenvalue weighted by Gasteiger charge is 2.43. The number of nitrogens with one attached hydrogen (secondary N) is 1. The van der Waals surface area contributed by atoms with E-state index in [9.17, 15) is 4.79 Å². The molecule has 1 amide bonds. The van der Waals surface area contributed by atoms with E-state index in [0.717, 1.165) is 25.9 Å². The number of amides is 1. The Balaban J connectivity index is 1.79. The van der Waals surface area contributed by atoms with Crippen molar-refractivity contribution in [1.82, 2.24) is 10.2 Å². The lowest BCUT2D eigenvalue weighted by molar-refractivity contribution is 0.0775. The number of fused-ring (bicyclic) bond motifs is 2. The maximum atomic E-state index is 13.1.